The standard InChI is InChI=1S/C10H17F3N2O/c1-4-5-7(10(11,12)13)15-6-9(2,3)8(16)14-15/h7H,4-6H2,1-3H3,(H,14,16)/t7-/m0/s1. The van der Waals surface area contributed by atoms with Crippen molar-refractivity contribution in [2.75, 3.05) is 6.54 Å². The quantitative estimate of drug-likeness (QED) is 0.816. The van der Waals surface area contributed by atoms with Crippen molar-refractivity contribution in [3.63, 3.8) is 0 Å². The van der Waals surface area contributed by atoms with Crippen LogP contribution in [0.4, 0.5) is 13.2 Å². The molecule has 1 saturated heterocycles. The van der Waals surface area contributed by atoms with Crippen LogP contribution in [-0.4, -0.2) is 29.7 Å². The predicted octanol–water partition coefficient (Wildman–Crippen LogP) is 2.09. The molecular weight excluding hydrogens is 221 g/mol. The summed E-state index contributed by atoms with van der Waals surface area (Å²) < 4.78 is 38.2. The molecule has 3 nitrogen and oxygen atoms in total. The highest BCUT2D eigenvalue weighted by atomic mass is 19.4. The Hall–Kier alpha value is -0.780. The number of carbonyl (C=O) groups excluding carboxylic acids is 1. The van der Waals surface area contributed by atoms with Gasteiger partial charge in [-0.1, -0.05) is 13.3 Å². The number of hydrogen-bond donors (Lipinski definition) is 1. The van der Waals surface area contributed by atoms with Crippen LogP contribution in [0.25, 0.3) is 0 Å². The first kappa shape index (κ1) is 13.3. The third-order valence-corrected chi connectivity index (χ3v) is 2.74. The van der Waals surface area contributed by atoms with Gasteiger partial charge in [-0.05, 0) is 20.3 Å². The number of rotatable bonds is 3. The lowest BCUT2D eigenvalue weighted by molar-refractivity contribution is -0.190. The maximum absolute atomic E-state index is 12.7. The first-order valence-corrected chi connectivity index (χ1v) is 5.33. The van der Waals surface area contributed by atoms with E-state index in [0.717, 1.165) is 5.01 Å². The van der Waals surface area contributed by atoms with Crippen LogP contribution in [0.5, 0.6) is 0 Å². The molecule has 0 spiro atoms. The number of nitrogens with one attached hydrogen (secondary N) is 1. The van der Waals surface area contributed by atoms with Crippen molar-refractivity contribution in [3.8, 4) is 0 Å². The zero-order chi connectivity index (χ0) is 12.6. The lowest BCUT2D eigenvalue weighted by atomic mass is 9.94. The predicted molar refractivity (Wildman–Crippen MR) is 53.4 cm³/mol. The summed E-state index contributed by atoms with van der Waals surface area (Å²) in [6.45, 7) is 5.07. The van der Waals surface area contributed by atoms with Crippen LogP contribution in [0.1, 0.15) is 33.6 Å². The first-order valence-electron chi connectivity index (χ1n) is 5.33. The van der Waals surface area contributed by atoms with Gasteiger partial charge in [0.05, 0.1) is 5.41 Å². The van der Waals surface area contributed by atoms with E-state index in [2.05, 4.69) is 5.43 Å². The maximum Gasteiger partial charge on any atom is 0.405 e. The highest BCUT2D eigenvalue weighted by Gasteiger charge is 2.49. The van der Waals surface area contributed by atoms with Gasteiger partial charge >= 0.3 is 6.18 Å². The van der Waals surface area contributed by atoms with Crippen LogP contribution in [0.2, 0.25) is 0 Å². The number of nitrogens with zero attached hydrogens (tertiary/aromatic N) is 1. The van der Waals surface area contributed by atoms with Crippen molar-refractivity contribution in [2.45, 2.75) is 45.8 Å². The van der Waals surface area contributed by atoms with Crippen LogP contribution < -0.4 is 5.43 Å². The number of halogens is 3. The summed E-state index contributed by atoms with van der Waals surface area (Å²) in [7, 11) is 0. The van der Waals surface area contributed by atoms with Crippen LogP contribution in [-0.2, 0) is 4.79 Å². The number of amides is 1. The van der Waals surface area contributed by atoms with Gasteiger partial charge in [0.2, 0.25) is 5.91 Å². The van der Waals surface area contributed by atoms with E-state index in [4.69, 9.17) is 0 Å². The Labute approximate surface area is 93.0 Å². The number of carbonyl (C=O) groups is 1. The van der Waals surface area contributed by atoms with Crippen molar-refractivity contribution >= 4 is 5.91 Å². The van der Waals surface area contributed by atoms with Gasteiger partial charge in [0.1, 0.15) is 6.04 Å². The zero-order valence-electron chi connectivity index (χ0n) is 9.69. The molecule has 0 bridgehead atoms. The molecule has 0 aliphatic carbocycles. The molecule has 0 aromatic heterocycles. The van der Waals surface area contributed by atoms with E-state index < -0.39 is 17.6 Å². The average molecular weight is 238 g/mol. The Kier molecular flexibility index (Phi) is 3.52. The smallest absolute Gasteiger partial charge is 0.288 e. The highest BCUT2D eigenvalue weighted by molar-refractivity contribution is 5.83. The molecule has 1 amide bonds. The molecule has 0 aromatic carbocycles. The van der Waals surface area contributed by atoms with Gasteiger partial charge in [-0.2, -0.15) is 13.2 Å². The van der Waals surface area contributed by atoms with Gasteiger partial charge in [-0.3, -0.25) is 10.2 Å². The molecule has 0 aromatic rings. The fourth-order valence-corrected chi connectivity index (χ4v) is 1.78. The maximum atomic E-state index is 12.7. The second-order valence-corrected chi connectivity index (χ2v) is 4.80. The minimum absolute atomic E-state index is 0.000139. The van der Waals surface area contributed by atoms with E-state index in [1.54, 1.807) is 20.8 Å². The lowest BCUT2D eigenvalue weighted by Crippen LogP contribution is -2.49. The Morgan fingerprint density at radius 3 is 2.38 bits per heavy atom. The van der Waals surface area contributed by atoms with Crippen LogP contribution in [0.3, 0.4) is 0 Å². The van der Waals surface area contributed by atoms with E-state index in [0.29, 0.717) is 6.42 Å². The molecule has 1 fully saturated rings. The van der Waals surface area contributed by atoms with Gasteiger partial charge in [0, 0.05) is 6.54 Å². The molecule has 0 unspecified atom stereocenters. The van der Waals surface area contributed by atoms with Crippen LogP contribution in [0, 0.1) is 5.41 Å². The summed E-state index contributed by atoms with van der Waals surface area (Å²) in [5.41, 5.74) is 1.56. The van der Waals surface area contributed by atoms with Gasteiger partial charge in [-0.25, -0.2) is 5.01 Å². The van der Waals surface area contributed by atoms with Gasteiger partial charge in [0.25, 0.3) is 0 Å². The molecule has 1 aliphatic heterocycles. The number of hydrazine groups is 1. The molecule has 6 heteroatoms. The molecular formula is C10H17F3N2O. The Bertz CT molecular complexity index is 276. The summed E-state index contributed by atoms with van der Waals surface area (Å²) in [5, 5.41) is 1.02. The summed E-state index contributed by atoms with van der Waals surface area (Å²) in [6, 6.07) is -1.58. The molecule has 94 valence electrons. The molecule has 1 atom stereocenters. The molecule has 1 N–H and O–H groups in total. The molecule has 1 rings (SSSR count). The normalized spacial score (nSPS) is 23.2. The van der Waals surface area contributed by atoms with Crippen molar-refractivity contribution in [2.24, 2.45) is 5.41 Å². The van der Waals surface area contributed by atoms with E-state index in [1.807, 2.05) is 0 Å². The van der Waals surface area contributed by atoms with Crippen molar-refractivity contribution < 1.29 is 18.0 Å². The minimum atomic E-state index is -4.30. The van der Waals surface area contributed by atoms with Crippen LogP contribution >= 0.6 is 0 Å². The van der Waals surface area contributed by atoms with E-state index in [9.17, 15) is 18.0 Å². The second-order valence-electron chi connectivity index (χ2n) is 4.80. The topological polar surface area (TPSA) is 32.3 Å². The van der Waals surface area contributed by atoms with Gasteiger partial charge in [0.15, 0.2) is 0 Å². The Morgan fingerprint density at radius 1 is 1.50 bits per heavy atom. The Balaban J connectivity index is 2.79. The van der Waals surface area contributed by atoms with E-state index >= 15 is 0 Å². The van der Waals surface area contributed by atoms with Gasteiger partial charge < -0.3 is 0 Å². The second kappa shape index (κ2) is 4.24. The van der Waals surface area contributed by atoms with Crippen molar-refractivity contribution in [3.05, 3.63) is 0 Å². The van der Waals surface area contributed by atoms with E-state index in [1.165, 1.54) is 0 Å². The summed E-state index contributed by atoms with van der Waals surface area (Å²) in [6.07, 6.45) is -3.87. The third-order valence-electron chi connectivity index (χ3n) is 2.74. The molecule has 1 aliphatic rings. The third kappa shape index (κ3) is 2.66. The molecule has 1 heterocycles. The van der Waals surface area contributed by atoms with Gasteiger partial charge in [-0.15, -0.1) is 0 Å². The highest BCUT2D eigenvalue weighted by Crippen LogP contribution is 2.32. The van der Waals surface area contributed by atoms with Crippen LogP contribution in [0.15, 0.2) is 0 Å². The fourth-order valence-electron chi connectivity index (χ4n) is 1.78. The molecule has 0 radical (unpaired) electrons. The zero-order valence-corrected chi connectivity index (χ0v) is 9.69. The monoisotopic (exact) mass is 238 g/mol. The SMILES string of the molecule is CCC[C@H](N1CC(C)(C)C(=O)N1)C(F)(F)F. The van der Waals surface area contributed by atoms with Crippen molar-refractivity contribution in [1.29, 1.82) is 0 Å². The summed E-state index contributed by atoms with van der Waals surface area (Å²) in [5.74, 6) is -0.349. The summed E-state index contributed by atoms with van der Waals surface area (Å²) >= 11 is 0. The Morgan fingerprint density at radius 2 is 2.06 bits per heavy atom. The first-order chi connectivity index (χ1) is 7.18. The molecule has 16 heavy (non-hydrogen) atoms. The lowest BCUT2D eigenvalue weighted by Gasteiger charge is -2.29. The van der Waals surface area contributed by atoms with E-state index in [-0.39, 0.29) is 18.9 Å². The number of hydrogen-bond acceptors (Lipinski definition) is 2. The number of alkyl halides is 3. The fraction of sp³-hybridized carbons (Fsp3) is 0.900. The largest absolute Gasteiger partial charge is 0.405 e. The average Bonchev–Trinajstić information content (AvgIpc) is 2.35. The van der Waals surface area contributed by atoms with Crippen molar-refractivity contribution in [1.82, 2.24) is 10.4 Å². The molecule has 0 saturated carbocycles. The minimum Gasteiger partial charge on any atom is -0.288 e. The summed E-state index contributed by atoms with van der Waals surface area (Å²) in [4.78, 5) is 11.4.